The van der Waals surface area contributed by atoms with E-state index in [0.29, 0.717) is 17.0 Å². The van der Waals surface area contributed by atoms with Gasteiger partial charge in [-0.05, 0) is 48.1 Å². The van der Waals surface area contributed by atoms with Gasteiger partial charge in [-0.25, -0.2) is 0 Å². The molecule has 0 saturated carbocycles. The molecule has 1 amide bonds. The lowest BCUT2D eigenvalue weighted by atomic mass is 10.1. The largest absolute Gasteiger partial charge is 0.481 e. The number of aryl methyl sites for hydroxylation is 2. The van der Waals surface area contributed by atoms with E-state index in [1.165, 1.54) is 11.3 Å². The van der Waals surface area contributed by atoms with E-state index < -0.39 is 5.97 Å². The molecule has 0 saturated heterocycles. The summed E-state index contributed by atoms with van der Waals surface area (Å²) in [7, 11) is 0. The third-order valence-electron chi connectivity index (χ3n) is 2.88. The van der Waals surface area contributed by atoms with Gasteiger partial charge in [-0.1, -0.05) is 12.1 Å². The summed E-state index contributed by atoms with van der Waals surface area (Å²) in [4.78, 5) is 23.3. The number of aliphatic carboxylic acids is 1. The maximum atomic E-state index is 12.1. The molecule has 0 unspecified atom stereocenters. The van der Waals surface area contributed by atoms with Crippen LogP contribution in [0, 0.1) is 6.92 Å². The molecule has 1 heterocycles. The van der Waals surface area contributed by atoms with Crippen molar-refractivity contribution in [2.45, 2.75) is 19.8 Å². The smallest absolute Gasteiger partial charge is 0.303 e. The van der Waals surface area contributed by atoms with Gasteiger partial charge in [0.2, 0.25) is 0 Å². The highest BCUT2D eigenvalue weighted by molar-refractivity contribution is 7.12. The van der Waals surface area contributed by atoms with E-state index in [2.05, 4.69) is 5.32 Å². The van der Waals surface area contributed by atoms with Crippen molar-refractivity contribution in [1.29, 1.82) is 0 Å². The highest BCUT2D eigenvalue weighted by Gasteiger charge is 2.10. The minimum absolute atomic E-state index is 0.0848. The zero-order chi connectivity index (χ0) is 14.5. The Bertz CT molecular complexity index is 634. The minimum Gasteiger partial charge on any atom is -0.481 e. The van der Waals surface area contributed by atoms with Crippen LogP contribution in [-0.2, 0) is 11.2 Å². The molecule has 20 heavy (non-hydrogen) atoms. The molecule has 0 atom stereocenters. The predicted octanol–water partition coefficient (Wildman–Crippen LogP) is 3.33. The van der Waals surface area contributed by atoms with Crippen LogP contribution in [0.4, 0.5) is 5.69 Å². The second-order valence-corrected chi connectivity index (χ2v) is 5.40. The molecular weight excluding hydrogens is 274 g/mol. The fourth-order valence-electron chi connectivity index (χ4n) is 1.85. The Hall–Kier alpha value is -2.14. The van der Waals surface area contributed by atoms with Crippen molar-refractivity contribution in [2.75, 3.05) is 5.32 Å². The second kappa shape index (κ2) is 6.34. The summed E-state index contributed by atoms with van der Waals surface area (Å²) in [6, 6.07) is 9.18. The van der Waals surface area contributed by atoms with E-state index in [9.17, 15) is 9.59 Å². The molecule has 0 fully saturated rings. The third kappa shape index (κ3) is 3.68. The van der Waals surface area contributed by atoms with Crippen LogP contribution in [0.15, 0.2) is 35.7 Å². The maximum absolute atomic E-state index is 12.1. The van der Waals surface area contributed by atoms with Gasteiger partial charge in [-0.2, -0.15) is 0 Å². The molecule has 0 bridgehead atoms. The molecule has 0 spiro atoms. The molecule has 2 N–H and O–H groups in total. The van der Waals surface area contributed by atoms with Crippen molar-refractivity contribution in [3.63, 3.8) is 0 Å². The summed E-state index contributed by atoms with van der Waals surface area (Å²) < 4.78 is 0. The molecular formula is C15H15NO3S. The van der Waals surface area contributed by atoms with E-state index in [1.807, 2.05) is 36.6 Å². The topological polar surface area (TPSA) is 66.4 Å². The van der Waals surface area contributed by atoms with Crippen molar-refractivity contribution in [3.8, 4) is 0 Å². The number of thiophene rings is 1. The highest BCUT2D eigenvalue weighted by Crippen LogP contribution is 2.19. The van der Waals surface area contributed by atoms with Crippen LogP contribution in [-0.4, -0.2) is 17.0 Å². The first-order valence-corrected chi connectivity index (χ1v) is 7.10. The minimum atomic E-state index is -0.825. The molecule has 0 aliphatic carbocycles. The third-order valence-corrected chi connectivity index (χ3v) is 3.90. The number of amides is 1. The highest BCUT2D eigenvalue weighted by atomic mass is 32.1. The standard InChI is InChI=1S/C15H15NO3S/c1-10-7-8-20-14(10)15(19)16-12-4-2-3-11(9-12)5-6-13(17)18/h2-4,7-9H,5-6H2,1H3,(H,16,19)(H,17,18). The van der Waals surface area contributed by atoms with Crippen LogP contribution in [0.1, 0.15) is 27.2 Å². The Balaban J connectivity index is 2.06. The zero-order valence-corrected chi connectivity index (χ0v) is 11.9. The van der Waals surface area contributed by atoms with Crippen LogP contribution in [0.2, 0.25) is 0 Å². The number of hydrogen-bond acceptors (Lipinski definition) is 3. The van der Waals surface area contributed by atoms with Crippen molar-refractivity contribution < 1.29 is 14.7 Å². The van der Waals surface area contributed by atoms with E-state index in [0.717, 1.165) is 11.1 Å². The Kier molecular flexibility index (Phi) is 4.53. The van der Waals surface area contributed by atoms with Crippen LogP contribution in [0.5, 0.6) is 0 Å². The van der Waals surface area contributed by atoms with Gasteiger partial charge >= 0.3 is 5.97 Å². The number of carbonyl (C=O) groups excluding carboxylic acids is 1. The van der Waals surface area contributed by atoms with E-state index in [1.54, 1.807) is 6.07 Å². The van der Waals surface area contributed by atoms with E-state index in [-0.39, 0.29) is 12.3 Å². The molecule has 2 rings (SSSR count). The second-order valence-electron chi connectivity index (χ2n) is 4.48. The van der Waals surface area contributed by atoms with E-state index >= 15 is 0 Å². The summed E-state index contributed by atoms with van der Waals surface area (Å²) in [5.74, 6) is -0.957. The Morgan fingerprint density at radius 1 is 1.30 bits per heavy atom. The SMILES string of the molecule is Cc1ccsc1C(=O)Nc1cccc(CCC(=O)O)c1. The van der Waals surface area contributed by atoms with Crippen LogP contribution in [0.25, 0.3) is 0 Å². The zero-order valence-electron chi connectivity index (χ0n) is 11.1. The molecule has 104 valence electrons. The summed E-state index contributed by atoms with van der Waals surface area (Å²) in [5.41, 5.74) is 2.54. The van der Waals surface area contributed by atoms with Crippen molar-refractivity contribution in [1.82, 2.24) is 0 Å². The van der Waals surface area contributed by atoms with Crippen molar-refractivity contribution in [2.24, 2.45) is 0 Å². The van der Waals surface area contributed by atoms with Crippen molar-refractivity contribution >= 4 is 28.9 Å². The lowest BCUT2D eigenvalue weighted by Gasteiger charge is -2.06. The summed E-state index contributed by atoms with van der Waals surface area (Å²) in [6.07, 6.45) is 0.540. The Labute approximate surface area is 121 Å². The first-order chi connectivity index (χ1) is 9.56. The average molecular weight is 289 g/mol. The number of anilines is 1. The molecule has 1 aromatic carbocycles. The summed E-state index contributed by atoms with van der Waals surface area (Å²) >= 11 is 1.41. The quantitative estimate of drug-likeness (QED) is 0.887. The van der Waals surface area contributed by atoms with Gasteiger partial charge in [-0.15, -0.1) is 11.3 Å². The normalized spacial score (nSPS) is 10.2. The van der Waals surface area contributed by atoms with Gasteiger partial charge in [0.1, 0.15) is 0 Å². The number of benzene rings is 1. The lowest BCUT2D eigenvalue weighted by molar-refractivity contribution is -0.136. The van der Waals surface area contributed by atoms with Gasteiger partial charge in [0.25, 0.3) is 5.91 Å². The molecule has 5 heteroatoms. The van der Waals surface area contributed by atoms with Crippen LogP contribution in [0.3, 0.4) is 0 Å². The number of carboxylic acid groups (broad SMARTS) is 1. The number of hydrogen-bond donors (Lipinski definition) is 2. The molecule has 4 nitrogen and oxygen atoms in total. The van der Waals surface area contributed by atoms with Gasteiger partial charge in [0.15, 0.2) is 0 Å². The van der Waals surface area contributed by atoms with Gasteiger partial charge in [0.05, 0.1) is 4.88 Å². The fraction of sp³-hybridized carbons (Fsp3) is 0.200. The summed E-state index contributed by atoms with van der Waals surface area (Å²) in [6.45, 7) is 1.90. The average Bonchev–Trinajstić information content (AvgIpc) is 2.83. The van der Waals surface area contributed by atoms with Gasteiger partial charge in [-0.3, -0.25) is 9.59 Å². The number of rotatable bonds is 5. The van der Waals surface area contributed by atoms with Gasteiger partial charge in [0, 0.05) is 12.1 Å². The van der Waals surface area contributed by atoms with Crippen molar-refractivity contribution in [3.05, 3.63) is 51.7 Å². The fourth-order valence-corrected chi connectivity index (χ4v) is 2.67. The number of carbonyl (C=O) groups is 2. The molecule has 2 aromatic rings. The molecule has 0 aliphatic heterocycles. The van der Waals surface area contributed by atoms with Crippen LogP contribution >= 0.6 is 11.3 Å². The van der Waals surface area contributed by atoms with E-state index in [4.69, 9.17) is 5.11 Å². The first-order valence-electron chi connectivity index (χ1n) is 6.22. The summed E-state index contributed by atoms with van der Waals surface area (Å²) in [5, 5.41) is 13.4. The Morgan fingerprint density at radius 2 is 2.10 bits per heavy atom. The number of carboxylic acids is 1. The van der Waals surface area contributed by atoms with Gasteiger partial charge < -0.3 is 10.4 Å². The lowest BCUT2D eigenvalue weighted by Crippen LogP contribution is -2.11. The molecule has 0 aliphatic rings. The Morgan fingerprint density at radius 3 is 2.75 bits per heavy atom. The first kappa shape index (κ1) is 14.3. The number of nitrogens with one attached hydrogen (secondary N) is 1. The van der Waals surface area contributed by atoms with Crippen LogP contribution < -0.4 is 5.32 Å². The molecule has 0 radical (unpaired) electrons. The predicted molar refractivity (Wildman–Crippen MR) is 79.4 cm³/mol. The molecule has 1 aromatic heterocycles. The monoisotopic (exact) mass is 289 g/mol. The maximum Gasteiger partial charge on any atom is 0.303 e.